The van der Waals surface area contributed by atoms with E-state index in [1.807, 2.05) is 0 Å². The van der Waals surface area contributed by atoms with Gasteiger partial charge in [0.05, 0.1) is 11.9 Å². The summed E-state index contributed by atoms with van der Waals surface area (Å²) in [5, 5.41) is 4.20. The van der Waals surface area contributed by atoms with E-state index >= 15 is 0 Å². The van der Waals surface area contributed by atoms with Gasteiger partial charge in [-0.1, -0.05) is 133 Å². The van der Waals surface area contributed by atoms with Crippen molar-refractivity contribution in [2.45, 2.75) is 116 Å². The zero-order valence-electron chi connectivity index (χ0n) is 22.8. The van der Waals surface area contributed by atoms with E-state index in [1.54, 1.807) is 0 Å². The van der Waals surface area contributed by atoms with E-state index in [9.17, 15) is 0 Å². The Morgan fingerprint density at radius 2 is 1.06 bits per heavy atom. The molecule has 1 aliphatic rings. The number of halogens is 1. The first kappa shape index (κ1) is 29.0. The molecule has 3 heteroatoms. The number of pyridine rings is 1. The molecule has 0 radical (unpaired) electrons. The van der Waals surface area contributed by atoms with Gasteiger partial charge in [-0.3, -0.25) is 4.90 Å². The minimum absolute atomic E-state index is 0. The molecule has 0 fully saturated rings. The van der Waals surface area contributed by atoms with Crippen molar-refractivity contribution in [2.75, 3.05) is 18.0 Å². The first-order valence-corrected chi connectivity index (χ1v) is 15.0. The molecule has 1 aromatic heterocycles. The molecule has 0 N–H and O–H groups in total. The standard InChI is InChI=1S/C33H49N2.BrH/c1-2-3-4-5-6-7-8-9-10-11-12-13-14-15-16-21-26-34-27-28-35-32-25-20-19-23-30(32)29-22-17-18-24-31(29)33(34)35;/h17-20,22-25H,2-16,21,26-28H2,1H3;1H/q+1;/p-1. The van der Waals surface area contributed by atoms with Gasteiger partial charge in [-0.25, -0.2) is 4.57 Å². The van der Waals surface area contributed by atoms with Gasteiger partial charge in [0, 0.05) is 10.8 Å². The molecule has 2 nitrogen and oxygen atoms in total. The van der Waals surface area contributed by atoms with Gasteiger partial charge in [-0.15, -0.1) is 0 Å². The van der Waals surface area contributed by atoms with E-state index in [4.69, 9.17) is 0 Å². The Morgan fingerprint density at radius 3 is 1.64 bits per heavy atom. The molecule has 0 unspecified atom stereocenters. The van der Waals surface area contributed by atoms with Crippen LogP contribution in [0.1, 0.15) is 110 Å². The predicted molar refractivity (Wildman–Crippen MR) is 153 cm³/mol. The molecule has 198 valence electrons. The second kappa shape index (κ2) is 16.3. The molecule has 0 spiro atoms. The Morgan fingerprint density at radius 1 is 0.583 bits per heavy atom. The summed E-state index contributed by atoms with van der Waals surface area (Å²) in [7, 11) is 0. The Bertz CT molecular complexity index is 1030. The summed E-state index contributed by atoms with van der Waals surface area (Å²) < 4.78 is 2.56. The fourth-order valence-corrected chi connectivity index (χ4v) is 6.07. The first-order valence-electron chi connectivity index (χ1n) is 15.0. The molecule has 0 aliphatic carbocycles. The lowest BCUT2D eigenvalue weighted by molar-refractivity contribution is -0.643. The predicted octanol–water partition coefficient (Wildman–Crippen LogP) is 6.37. The molecule has 0 saturated carbocycles. The number of unbranched alkanes of at least 4 members (excludes halogenated alkanes) is 15. The third-order valence-corrected chi connectivity index (χ3v) is 8.08. The zero-order valence-corrected chi connectivity index (χ0v) is 24.4. The summed E-state index contributed by atoms with van der Waals surface area (Å²) in [5.41, 5.74) is 1.38. The Kier molecular flexibility index (Phi) is 13.1. The third kappa shape index (κ3) is 7.94. The monoisotopic (exact) mass is 552 g/mol. The summed E-state index contributed by atoms with van der Waals surface area (Å²) in [4.78, 5) is 2.65. The number of nitrogens with zero attached hydrogens (tertiary/aromatic N) is 2. The number of fused-ring (bicyclic) bond motifs is 6. The second-order valence-corrected chi connectivity index (χ2v) is 10.8. The lowest BCUT2D eigenvalue weighted by atomic mass is 10.0. The van der Waals surface area contributed by atoms with Crippen LogP contribution >= 0.6 is 0 Å². The molecule has 0 amide bonds. The number of rotatable bonds is 17. The topological polar surface area (TPSA) is 7.12 Å². The minimum atomic E-state index is 0. The van der Waals surface area contributed by atoms with E-state index in [0.29, 0.717) is 0 Å². The van der Waals surface area contributed by atoms with Gasteiger partial charge in [-0.2, -0.15) is 0 Å². The van der Waals surface area contributed by atoms with Gasteiger partial charge >= 0.3 is 0 Å². The Labute approximate surface area is 231 Å². The van der Waals surface area contributed by atoms with Crippen molar-refractivity contribution in [1.29, 1.82) is 0 Å². The highest BCUT2D eigenvalue weighted by Crippen LogP contribution is 2.32. The zero-order chi connectivity index (χ0) is 24.1. The number of aromatic nitrogens is 1. The molecule has 2 aromatic carbocycles. The van der Waals surface area contributed by atoms with Crippen molar-refractivity contribution in [3.05, 3.63) is 48.5 Å². The molecule has 0 saturated heterocycles. The largest absolute Gasteiger partial charge is 1.00 e. The summed E-state index contributed by atoms with van der Waals surface area (Å²) in [5.74, 6) is 1.44. The van der Waals surface area contributed by atoms with Crippen LogP contribution in [0.3, 0.4) is 0 Å². The fraction of sp³-hybridized carbons (Fsp3) is 0.606. The van der Waals surface area contributed by atoms with Crippen LogP contribution in [0, 0.1) is 0 Å². The molecule has 2 heterocycles. The van der Waals surface area contributed by atoms with Crippen LogP contribution < -0.4 is 26.4 Å². The SMILES string of the molecule is CCCCCCCCCCCCCCCCCCN1CC[n+]2c1c1ccccc1c1ccccc12.[Br-]. The molecular formula is C33H49BrN2. The van der Waals surface area contributed by atoms with Crippen molar-refractivity contribution < 1.29 is 21.5 Å². The van der Waals surface area contributed by atoms with Gasteiger partial charge in [0.1, 0.15) is 18.6 Å². The maximum absolute atomic E-state index is 2.65. The molecule has 0 atom stereocenters. The van der Waals surface area contributed by atoms with Gasteiger partial charge in [0.15, 0.2) is 0 Å². The number of anilines is 1. The lowest BCUT2D eigenvalue weighted by Gasteiger charge is -2.14. The molecule has 3 aromatic rings. The number of benzene rings is 2. The molecule has 0 bridgehead atoms. The van der Waals surface area contributed by atoms with Crippen LogP contribution in [-0.2, 0) is 6.54 Å². The number of para-hydroxylation sites is 1. The average Bonchev–Trinajstić information content (AvgIpc) is 3.33. The van der Waals surface area contributed by atoms with Gasteiger partial charge in [0.2, 0.25) is 0 Å². The summed E-state index contributed by atoms with van der Waals surface area (Å²) >= 11 is 0. The minimum Gasteiger partial charge on any atom is -1.00 e. The fourth-order valence-electron chi connectivity index (χ4n) is 6.07. The molecular weight excluding hydrogens is 504 g/mol. The molecule has 4 rings (SSSR count). The Hall–Kier alpha value is -1.61. The van der Waals surface area contributed by atoms with Crippen LogP contribution in [0.5, 0.6) is 0 Å². The van der Waals surface area contributed by atoms with E-state index in [1.165, 1.54) is 137 Å². The van der Waals surface area contributed by atoms with Gasteiger partial charge in [-0.05, 0) is 25.0 Å². The molecule has 36 heavy (non-hydrogen) atoms. The van der Waals surface area contributed by atoms with Crippen LogP contribution in [0.4, 0.5) is 5.82 Å². The first-order chi connectivity index (χ1) is 17.4. The lowest BCUT2D eigenvalue weighted by Crippen LogP contribution is -3.00. The highest BCUT2D eigenvalue weighted by Gasteiger charge is 2.31. The quantitative estimate of drug-likeness (QED) is 0.107. The van der Waals surface area contributed by atoms with Crippen molar-refractivity contribution in [2.24, 2.45) is 0 Å². The summed E-state index contributed by atoms with van der Waals surface area (Å²) in [6.07, 6.45) is 22.9. The highest BCUT2D eigenvalue weighted by molar-refractivity contribution is 6.08. The van der Waals surface area contributed by atoms with Crippen LogP contribution in [0.25, 0.3) is 21.7 Å². The Balaban J connectivity index is 0.00000361. The third-order valence-electron chi connectivity index (χ3n) is 8.08. The number of hydrogen-bond acceptors (Lipinski definition) is 1. The van der Waals surface area contributed by atoms with Gasteiger partial charge < -0.3 is 17.0 Å². The van der Waals surface area contributed by atoms with E-state index < -0.39 is 0 Å². The normalized spacial score (nSPS) is 12.9. The summed E-state index contributed by atoms with van der Waals surface area (Å²) in [6, 6.07) is 17.9. The van der Waals surface area contributed by atoms with Crippen LogP contribution in [0.15, 0.2) is 48.5 Å². The van der Waals surface area contributed by atoms with Crippen molar-refractivity contribution in [1.82, 2.24) is 0 Å². The highest BCUT2D eigenvalue weighted by atomic mass is 79.9. The van der Waals surface area contributed by atoms with E-state index in [2.05, 4.69) is 64.9 Å². The average molecular weight is 554 g/mol. The summed E-state index contributed by atoms with van der Waals surface area (Å²) in [6.45, 7) is 5.76. The van der Waals surface area contributed by atoms with Crippen molar-refractivity contribution >= 4 is 27.5 Å². The van der Waals surface area contributed by atoms with Gasteiger partial charge in [0.25, 0.3) is 5.82 Å². The second-order valence-electron chi connectivity index (χ2n) is 10.8. The smallest absolute Gasteiger partial charge is 0.285 e. The van der Waals surface area contributed by atoms with E-state index in [0.717, 1.165) is 13.1 Å². The van der Waals surface area contributed by atoms with Crippen LogP contribution in [0.2, 0.25) is 0 Å². The maximum Gasteiger partial charge on any atom is 0.285 e. The van der Waals surface area contributed by atoms with E-state index in [-0.39, 0.29) is 17.0 Å². The molecule has 1 aliphatic heterocycles. The maximum atomic E-state index is 2.65. The number of hydrogen-bond donors (Lipinski definition) is 0. The van der Waals surface area contributed by atoms with Crippen molar-refractivity contribution in [3.63, 3.8) is 0 Å². The van der Waals surface area contributed by atoms with Crippen LogP contribution in [-0.4, -0.2) is 13.1 Å². The van der Waals surface area contributed by atoms with Crippen molar-refractivity contribution in [3.8, 4) is 0 Å².